The van der Waals surface area contributed by atoms with E-state index in [1.54, 1.807) is 16.8 Å². The number of hydrogen-bond donors (Lipinski definition) is 2. The molecule has 11 heteroatoms. The maximum Gasteiger partial charge on any atom is 0.264 e. The van der Waals surface area contributed by atoms with Crippen LogP contribution in [0.25, 0.3) is 22.3 Å². The Bertz CT molecular complexity index is 1410. The number of thiophene rings is 1. The molecule has 6 rings (SSSR count). The quantitative estimate of drug-likeness (QED) is 0.404. The largest absolute Gasteiger partial charge is 0.379 e. The minimum Gasteiger partial charge on any atom is -0.379 e. The summed E-state index contributed by atoms with van der Waals surface area (Å²) in [6.45, 7) is 5.09. The van der Waals surface area contributed by atoms with Crippen LogP contribution in [0, 0.1) is 0 Å². The fraction of sp³-hybridized carbons (Fsp3) is 0.400. The van der Waals surface area contributed by atoms with Crippen molar-refractivity contribution in [2.75, 3.05) is 18.4 Å². The number of aromatic nitrogens is 3. The van der Waals surface area contributed by atoms with Gasteiger partial charge in [-0.1, -0.05) is 0 Å². The number of fused-ring (bicyclic) bond motifs is 1. The predicted molar refractivity (Wildman–Crippen MR) is 135 cm³/mol. The van der Waals surface area contributed by atoms with Crippen LogP contribution >= 0.6 is 11.3 Å². The van der Waals surface area contributed by atoms with Gasteiger partial charge >= 0.3 is 0 Å². The molecule has 3 amide bonds. The Morgan fingerprint density at radius 3 is 2.69 bits per heavy atom. The van der Waals surface area contributed by atoms with Crippen molar-refractivity contribution >= 4 is 46.5 Å². The normalized spacial score (nSPS) is 23.5. The first-order valence-electron chi connectivity index (χ1n) is 12.1. The van der Waals surface area contributed by atoms with Gasteiger partial charge in [-0.05, 0) is 51.0 Å². The lowest BCUT2D eigenvalue weighted by Crippen LogP contribution is -2.48. The van der Waals surface area contributed by atoms with Crippen LogP contribution in [-0.4, -0.2) is 68.6 Å². The molecule has 5 heterocycles. The number of imide groups is 1. The van der Waals surface area contributed by atoms with Gasteiger partial charge in [-0.25, -0.2) is 9.50 Å². The molecule has 3 fully saturated rings. The number of hydrogen-bond acceptors (Lipinski definition) is 8. The fourth-order valence-corrected chi connectivity index (χ4v) is 5.58. The van der Waals surface area contributed by atoms with E-state index in [-0.39, 0.29) is 30.4 Å². The summed E-state index contributed by atoms with van der Waals surface area (Å²) in [4.78, 5) is 44.8. The molecule has 0 radical (unpaired) electrons. The average Bonchev–Trinajstić information content (AvgIpc) is 3.22. The van der Waals surface area contributed by atoms with Gasteiger partial charge in [0.05, 0.1) is 46.0 Å². The lowest BCUT2D eigenvalue weighted by atomic mass is 10.2. The molecule has 2 unspecified atom stereocenters. The number of imidazole rings is 1. The van der Waals surface area contributed by atoms with Crippen molar-refractivity contribution in [3.05, 3.63) is 40.5 Å². The first-order valence-corrected chi connectivity index (χ1v) is 12.9. The second kappa shape index (κ2) is 8.82. The maximum atomic E-state index is 13.2. The van der Waals surface area contributed by atoms with Crippen molar-refractivity contribution in [2.24, 2.45) is 0 Å². The van der Waals surface area contributed by atoms with Gasteiger partial charge in [-0.2, -0.15) is 5.10 Å². The van der Waals surface area contributed by atoms with Crippen LogP contribution in [0.4, 0.5) is 5.69 Å². The molecule has 1 aliphatic carbocycles. The van der Waals surface area contributed by atoms with E-state index in [1.165, 1.54) is 11.3 Å². The molecule has 2 atom stereocenters. The second-order valence-electron chi connectivity index (χ2n) is 9.64. The van der Waals surface area contributed by atoms with Gasteiger partial charge in [-0.3, -0.25) is 19.7 Å². The number of amides is 3. The smallest absolute Gasteiger partial charge is 0.264 e. The summed E-state index contributed by atoms with van der Waals surface area (Å²) in [5.41, 5.74) is 3.17. The number of rotatable bonds is 5. The molecular weight excluding hydrogens is 480 g/mol. The Morgan fingerprint density at radius 1 is 1.22 bits per heavy atom. The molecule has 186 valence electrons. The molecule has 2 N–H and O–H groups in total. The monoisotopic (exact) mass is 506 g/mol. The molecule has 2 aliphatic heterocycles. The first kappa shape index (κ1) is 22.9. The summed E-state index contributed by atoms with van der Waals surface area (Å²) in [7, 11) is 0. The molecule has 0 aromatic carbocycles. The fourth-order valence-electron chi connectivity index (χ4n) is 4.65. The standard InChI is InChI=1S/C25H26N6O4S/c1-13-11-30(12-14(2)35-13)25(34)21-6-5-20(36-21)18-9-19(27-16-3-4-16)23-26-10-17(31(23)29-18)7-15-8-22(32)28-24(15)33/h5-7,9-10,13-14,16,27H,3-4,8,11-12H2,1-2H3,(H,28,32,33)/b15-7+. The maximum absolute atomic E-state index is 13.2. The Kier molecular flexibility index (Phi) is 5.60. The molecular formula is C25H26N6O4S. The summed E-state index contributed by atoms with van der Waals surface area (Å²) in [6, 6.07) is 6.12. The number of ether oxygens (including phenoxy) is 1. The minimum atomic E-state index is -0.393. The molecule has 2 saturated heterocycles. The summed E-state index contributed by atoms with van der Waals surface area (Å²) in [5, 5.41) is 10.6. The van der Waals surface area contributed by atoms with Crippen molar-refractivity contribution < 1.29 is 19.1 Å². The van der Waals surface area contributed by atoms with E-state index < -0.39 is 5.91 Å². The highest BCUT2D eigenvalue weighted by molar-refractivity contribution is 7.17. The van der Waals surface area contributed by atoms with Crippen LogP contribution in [-0.2, 0) is 14.3 Å². The van der Waals surface area contributed by atoms with Gasteiger partial charge in [0, 0.05) is 24.7 Å². The number of nitrogens with zero attached hydrogens (tertiary/aromatic N) is 4. The van der Waals surface area contributed by atoms with Crippen LogP contribution < -0.4 is 10.6 Å². The van der Waals surface area contributed by atoms with E-state index >= 15 is 0 Å². The number of anilines is 1. The lowest BCUT2D eigenvalue weighted by molar-refractivity contribution is -0.124. The van der Waals surface area contributed by atoms with Gasteiger partial charge in [0.1, 0.15) is 5.69 Å². The topological polar surface area (TPSA) is 118 Å². The van der Waals surface area contributed by atoms with Crippen LogP contribution in [0.15, 0.2) is 30.0 Å². The third kappa shape index (κ3) is 4.40. The number of carbonyl (C=O) groups excluding carboxylic acids is 3. The zero-order chi connectivity index (χ0) is 25.0. The molecule has 3 aromatic heterocycles. The van der Waals surface area contributed by atoms with Crippen molar-refractivity contribution in [2.45, 2.75) is 51.4 Å². The zero-order valence-corrected chi connectivity index (χ0v) is 20.8. The van der Waals surface area contributed by atoms with Crippen LogP contribution in [0.5, 0.6) is 0 Å². The molecule has 10 nitrogen and oxygen atoms in total. The SMILES string of the molecule is CC1CN(C(=O)c2ccc(-c3cc(NC4CC4)c4ncc(/C=C5\CC(=O)NC5=O)n4n3)s2)CC(C)O1. The summed E-state index contributed by atoms with van der Waals surface area (Å²) in [5.74, 6) is -0.712. The molecule has 3 aliphatic rings. The zero-order valence-electron chi connectivity index (χ0n) is 20.0. The molecule has 1 saturated carbocycles. The van der Waals surface area contributed by atoms with E-state index in [1.807, 2.05) is 36.9 Å². The highest BCUT2D eigenvalue weighted by Gasteiger charge is 2.29. The summed E-state index contributed by atoms with van der Waals surface area (Å²) < 4.78 is 7.46. The highest BCUT2D eigenvalue weighted by atomic mass is 32.1. The van der Waals surface area contributed by atoms with Crippen molar-refractivity contribution in [3.8, 4) is 10.6 Å². The minimum absolute atomic E-state index is 0.00304. The van der Waals surface area contributed by atoms with Crippen LogP contribution in [0.3, 0.4) is 0 Å². The number of nitrogens with one attached hydrogen (secondary N) is 2. The Hall–Kier alpha value is -3.57. The predicted octanol–water partition coefficient (Wildman–Crippen LogP) is 2.71. The number of carbonyl (C=O) groups is 3. The van der Waals surface area contributed by atoms with E-state index in [2.05, 4.69) is 15.6 Å². The van der Waals surface area contributed by atoms with Gasteiger partial charge in [0.25, 0.3) is 11.8 Å². The Labute approximate surface area is 211 Å². The first-order chi connectivity index (χ1) is 17.3. The van der Waals surface area contributed by atoms with Crippen molar-refractivity contribution in [1.82, 2.24) is 24.8 Å². The van der Waals surface area contributed by atoms with Gasteiger partial charge in [0.2, 0.25) is 5.91 Å². The van der Waals surface area contributed by atoms with E-state index in [0.717, 1.165) is 23.4 Å². The van der Waals surface area contributed by atoms with Crippen LogP contribution in [0.1, 0.15) is 48.5 Å². The Balaban J connectivity index is 1.36. The number of morpholine rings is 1. The van der Waals surface area contributed by atoms with Gasteiger partial charge in [0.15, 0.2) is 5.65 Å². The van der Waals surface area contributed by atoms with Crippen molar-refractivity contribution in [3.63, 3.8) is 0 Å². The van der Waals surface area contributed by atoms with Gasteiger partial charge < -0.3 is 15.0 Å². The van der Waals surface area contributed by atoms with E-state index in [4.69, 9.17) is 9.84 Å². The third-order valence-electron chi connectivity index (χ3n) is 6.42. The Morgan fingerprint density at radius 2 is 2.00 bits per heavy atom. The van der Waals surface area contributed by atoms with E-state index in [0.29, 0.717) is 46.6 Å². The van der Waals surface area contributed by atoms with Crippen LogP contribution in [0.2, 0.25) is 0 Å². The molecule has 0 bridgehead atoms. The summed E-state index contributed by atoms with van der Waals surface area (Å²) >= 11 is 1.40. The lowest BCUT2D eigenvalue weighted by Gasteiger charge is -2.35. The van der Waals surface area contributed by atoms with E-state index in [9.17, 15) is 14.4 Å². The average molecular weight is 507 g/mol. The third-order valence-corrected chi connectivity index (χ3v) is 7.52. The molecule has 36 heavy (non-hydrogen) atoms. The second-order valence-corrected chi connectivity index (χ2v) is 10.7. The molecule has 3 aromatic rings. The summed E-state index contributed by atoms with van der Waals surface area (Å²) in [6.07, 6.45) is 5.54. The van der Waals surface area contributed by atoms with Gasteiger partial charge in [-0.15, -0.1) is 11.3 Å². The molecule has 0 spiro atoms. The highest BCUT2D eigenvalue weighted by Crippen LogP contribution is 2.33. The van der Waals surface area contributed by atoms with Crippen molar-refractivity contribution in [1.29, 1.82) is 0 Å².